The number of nitrogens with two attached hydrogens (primary N) is 1. The first-order valence-corrected chi connectivity index (χ1v) is 8.01. The molecule has 0 unspecified atom stereocenters. The van der Waals surface area contributed by atoms with Crippen molar-refractivity contribution in [2.75, 3.05) is 5.73 Å². The second kappa shape index (κ2) is 5.70. The Bertz CT molecular complexity index is 1160. The lowest BCUT2D eigenvalue weighted by Crippen LogP contribution is -2.12. The lowest BCUT2D eigenvalue weighted by atomic mass is 10.1. The van der Waals surface area contributed by atoms with Crippen LogP contribution in [0.5, 0.6) is 0 Å². The molecule has 126 valence electrons. The van der Waals surface area contributed by atoms with E-state index in [0.29, 0.717) is 16.6 Å². The zero-order chi connectivity index (χ0) is 17.6. The summed E-state index contributed by atoms with van der Waals surface area (Å²) in [4.78, 5) is 24.1. The Morgan fingerprint density at radius 2 is 2.20 bits per heavy atom. The van der Waals surface area contributed by atoms with Gasteiger partial charge in [-0.05, 0) is 24.6 Å². The van der Waals surface area contributed by atoms with E-state index in [2.05, 4.69) is 21.9 Å². The third-order valence-electron chi connectivity index (χ3n) is 4.16. The summed E-state index contributed by atoms with van der Waals surface area (Å²) in [5.74, 6) is -0.562. The van der Waals surface area contributed by atoms with E-state index >= 15 is 0 Å². The van der Waals surface area contributed by atoms with E-state index in [-0.39, 0.29) is 16.9 Å². The molecular weight excluding hydrogens is 321 g/mol. The maximum atomic E-state index is 13.8. The van der Waals surface area contributed by atoms with Gasteiger partial charge in [0.1, 0.15) is 17.2 Å². The summed E-state index contributed by atoms with van der Waals surface area (Å²) in [7, 11) is 0. The number of H-pyrrole nitrogens is 1. The molecule has 3 aromatic heterocycles. The topological polar surface area (TPSA) is 89.6 Å². The van der Waals surface area contributed by atoms with E-state index in [4.69, 9.17) is 5.73 Å². The smallest absolute Gasteiger partial charge is 0.275 e. The molecule has 0 atom stereocenters. The van der Waals surface area contributed by atoms with E-state index < -0.39 is 5.82 Å². The van der Waals surface area contributed by atoms with E-state index in [1.54, 1.807) is 6.20 Å². The Morgan fingerprint density at radius 3 is 3.00 bits per heavy atom. The van der Waals surface area contributed by atoms with Crippen molar-refractivity contribution in [1.29, 1.82) is 0 Å². The lowest BCUT2D eigenvalue weighted by Gasteiger charge is -2.04. The average Bonchev–Trinajstić information content (AvgIpc) is 2.95. The molecule has 1 aromatic carbocycles. The number of aryl methyl sites for hydroxylation is 1. The van der Waals surface area contributed by atoms with Crippen molar-refractivity contribution < 1.29 is 4.39 Å². The predicted octanol–water partition coefficient (Wildman–Crippen LogP) is 3.07. The monoisotopic (exact) mass is 337 g/mol. The Morgan fingerprint density at radius 1 is 1.36 bits per heavy atom. The van der Waals surface area contributed by atoms with Crippen molar-refractivity contribution in [1.82, 2.24) is 19.5 Å². The highest BCUT2D eigenvalue weighted by Crippen LogP contribution is 2.28. The summed E-state index contributed by atoms with van der Waals surface area (Å²) in [6.07, 6.45) is 4.53. The van der Waals surface area contributed by atoms with Gasteiger partial charge in [-0.15, -0.1) is 0 Å². The third-order valence-corrected chi connectivity index (χ3v) is 4.16. The first kappa shape index (κ1) is 15.3. The van der Waals surface area contributed by atoms with Gasteiger partial charge in [-0.25, -0.2) is 14.4 Å². The SMILES string of the molecule is CCCn1cc(-c2nc3cc(F)c(N)cc3[nH]c2=O)c2cccnc21. The van der Waals surface area contributed by atoms with Gasteiger partial charge in [-0.2, -0.15) is 0 Å². The van der Waals surface area contributed by atoms with Crippen molar-refractivity contribution in [3.8, 4) is 11.3 Å². The molecule has 4 rings (SSSR count). The molecule has 0 fully saturated rings. The fraction of sp³-hybridized carbons (Fsp3) is 0.167. The van der Waals surface area contributed by atoms with E-state index in [1.165, 1.54) is 12.1 Å². The number of rotatable bonds is 3. The summed E-state index contributed by atoms with van der Waals surface area (Å²) >= 11 is 0. The summed E-state index contributed by atoms with van der Waals surface area (Å²) in [5.41, 5.74) is 7.65. The van der Waals surface area contributed by atoms with Crippen LogP contribution in [0.1, 0.15) is 13.3 Å². The molecule has 3 heterocycles. The highest BCUT2D eigenvalue weighted by molar-refractivity contribution is 5.94. The van der Waals surface area contributed by atoms with Crippen LogP contribution < -0.4 is 11.3 Å². The fourth-order valence-corrected chi connectivity index (χ4v) is 3.03. The highest BCUT2D eigenvalue weighted by atomic mass is 19.1. The molecule has 0 saturated heterocycles. The Kier molecular flexibility index (Phi) is 3.49. The number of nitrogen functional groups attached to an aromatic ring is 1. The zero-order valence-electron chi connectivity index (χ0n) is 13.6. The molecule has 7 heteroatoms. The van der Waals surface area contributed by atoms with Gasteiger partial charge in [0.2, 0.25) is 0 Å². The van der Waals surface area contributed by atoms with Crippen LogP contribution in [0.2, 0.25) is 0 Å². The Labute approximate surface area is 142 Å². The molecule has 0 aliphatic rings. The standard InChI is InChI=1S/C18H16FN5O/c1-2-6-24-9-11(10-4-3-5-21-17(10)24)16-18(25)23-15-8-13(20)12(19)7-14(15)22-16/h3-5,7-9H,2,6,20H2,1H3,(H,23,25). The Hall–Kier alpha value is -3.22. The van der Waals surface area contributed by atoms with Crippen molar-refractivity contribution in [2.45, 2.75) is 19.9 Å². The highest BCUT2D eigenvalue weighted by Gasteiger charge is 2.16. The van der Waals surface area contributed by atoms with Gasteiger partial charge < -0.3 is 15.3 Å². The first-order valence-electron chi connectivity index (χ1n) is 8.01. The lowest BCUT2D eigenvalue weighted by molar-refractivity contribution is 0.634. The average molecular weight is 337 g/mol. The normalized spacial score (nSPS) is 11.4. The minimum absolute atomic E-state index is 0.0264. The molecule has 0 aliphatic carbocycles. The van der Waals surface area contributed by atoms with Crippen LogP contribution in [0.3, 0.4) is 0 Å². The van der Waals surface area contributed by atoms with Crippen molar-refractivity contribution >= 4 is 27.8 Å². The molecule has 0 aliphatic heterocycles. The van der Waals surface area contributed by atoms with Gasteiger partial charge in [0.25, 0.3) is 5.56 Å². The van der Waals surface area contributed by atoms with Gasteiger partial charge in [0.05, 0.1) is 16.7 Å². The maximum Gasteiger partial charge on any atom is 0.275 e. The van der Waals surface area contributed by atoms with Gasteiger partial charge in [-0.1, -0.05) is 6.92 Å². The second-order valence-corrected chi connectivity index (χ2v) is 5.92. The summed E-state index contributed by atoms with van der Waals surface area (Å²) < 4.78 is 15.8. The fourth-order valence-electron chi connectivity index (χ4n) is 3.03. The minimum atomic E-state index is -0.562. The van der Waals surface area contributed by atoms with Gasteiger partial charge in [0.15, 0.2) is 0 Å². The zero-order valence-corrected chi connectivity index (χ0v) is 13.6. The number of fused-ring (bicyclic) bond motifs is 2. The van der Waals surface area contributed by atoms with Crippen LogP contribution >= 0.6 is 0 Å². The van der Waals surface area contributed by atoms with Crippen LogP contribution in [-0.4, -0.2) is 19.5 Å². The van der Waals surface area contributed by atoms with E-state index in [1.807, 2.05) is 22.9 Å². The number of nitrogens with zero attached hydrogens (tertiary/aromatic N) is 3. The number of halogens is 1. The molecule has 3 N–H and O–H groups in total. The van der Waals surface area contributed by atoms with Crippen molar-refractivity contribution in [3.05, 3.63) is 52.8 Å². The number of hydrogen-bond acceptors (Lipinski definition) is 4. The second-order valence-electron chi connectivity index (χ2n) is 5.92. The van der Waals surface area contributed by atoms with Gasteiger partial charge in [-0.3, -0.25) is 4.79 Å². The van der Waals surface area contributed by atoms with Crippen LogP contribution in [0, 0.1) is 5.82 Å². The summed E-state index contributed by atoms with van der Waals surface area (Å²) in [6, 6.07) is 6.33. The number of pyridine rings is 1. The van der Waals surface area contributed by atoms with Crippen LogP contribution in [0.15, 0.2) is 41.5 Å². The van der Waals surface area contributed by atoms with Gasteiger partial charge >= 0.3 is 0 Å². The maximum absolute atomic E-state index is 13.8. The van der Waals surface area contributed by atoms with E-state index in [0.717, 1.165) is 24.0 Å². The largest absolute Gasteiger partial charge is 0.396 e. The quantitative estimate of drug-likeness (QED) is 0.562. The molecule has 4 aromatic rings. The number of hydrogen-bond donors (Lipinski definition) is 2. The molecule has 0 amide bonds. The molecule has 0 bridgehead atoms. The first-order chi connectivity index (χ1) is 12.1. The number of nitrogens with one attached hydrogen (secondary N) is 1. The minimum Gasteiger partial charge on any atom is -0.396 e. The summed E-state index contributed by atoms with van der Waals surface area (Å²) in [5, 5.41) is 0.837. The Balaban J connectivity index is 2.01. The number of aromatic nitrogens is 4. The molecular formula is C18H16FN5O. The molecule has 25 heavy (non-hydrogen) atoms. The number of anilines is 1. The molecule has 0 radical (unpaired) electrons. The van der Waals surface area contributed by atoms with Crippen LogP contribution in [-0.2, 0) is 6.54 Å². The molecule has 0 spiro atoms. The third kappa shape index (κ3) is 2.44. The summed E-state index contributed by atoms with van der Waals surface area (Å²) in [6.45, 7) is 2.85. The van der Waals surface area contributed by atoms with E-state index in [9.17, 15) is 9.18 Å². The van der Waals surface area contributed by atoms with Gasteiger partial charge in [0, 0.05) is 36.0 Å². The van der Waals surface area contributed by atoms with Crippen LogP contribution in [0.25, 0.3) is 33.3 Å². The van der Waals surface area contributed by atoms with Crippen LogP contribution in [0.4, 0.5) is 10.1 Å². The predicted molar refractivity (Wildman–Crippen MR) is 95.8 cm³/mol. The molecule has 6 nitrogen and oxygen atoms in total. The number of aromatic amines is 1. The van der Waals surface area contributed by atoms with Crippen molar-refractivity contribution in [2.24, 2.45) is 0 Å². The van der Waals surface area contributed by atoms with Crippen molar-refractivity contribution in [3.63, 3.8) is 0 Å². The number of benzene rings is 1. The molecule has 0 saturated carbocycles.